The van der Waals surface area contributed by atoms with Crippen molar-refractivity contribution in [3.63, 3.8) is 0 Å². The van der Waals surface area contributed by atoms with Gasteiger partial charge >= 0.3 is 0 Å². The van der Waals surface area contributed by atoms with Gasteiger partial charge in [-0.25, -0.2) is 0 Å². The lowest BCUT2D eigenvalue weighted by atomic mass is 9.92. The monoisotopic (exact) mass is 232 g/mol. The molecule has 2 saturated carbocycles. The molecule has 0 aromatic heterocycles. The molecule has 2 rings (SSSR count). The van der Waals surface area contributed by atoms with Gasteiger partial charge in [-0.15, -0.1) is 0 Å². The van der Waals surface area contributed by atoms with E-state index < -0.39 is 40.3 Å². The van der Waals surface area contributed by atoms with Crippen LogP contribution in [0.25, 0.3) is 0 Å². The molecule has 0 heterocycles. The predicted octanol–water partition coefficient (Wildman–Crippen LogP) is -1.39. The Labute approximate surface area is 94.3 Å². The highest BCUT2D eigenvalue weighted by Gasteiger charge is 2.85. The summed E-state index contributed by atoms with van der Waals surface area (Å²) >= 11 is 0. The van der Waals surface area contributed by atoms with Crippen LogP contribution in [0.1, 0.15) is 27.7 Å². The highest BCUT2D eigenvalue weighted by atomic mass is 16.4. The van der Waals surface area contributed by atoms with Gasteiger partial charge in [0.05, 0.1) is 12.2 Å². The Morgan fingerprint density at radius 3 is 1.12 bits per heavy atom. The van der Waals surface area contributed by atoms with E-state index in [0.717, 1.165) is 0 Å². The lowest BCUT2D eigenvalue weighted by Gasteiger charge is -2.27. The Hall–Kier alpha value is -0.200. The minimum Gasteiger partial charge on any atom is -0.389 e. The van der Waals surface area contributed by atoms with E-state index >= 15 is 0 Å². The van der Waals surface area contributed by atoms with Crippen molar-refractivity contribution in [2.75, 3.05) is 0 Å². The first-order valence-corrected chi connectivity index (χ1v) is 5.45. The molecule has 2 fully saturated rings. The molecule has 5 heteroatoms. The second-order valence-electron chi connectivity index (χ2n) is 6.30. The van der Waals surface area contributed by atoms with Crippen molar-refractivity contribution in [1.82, 2.24) is 0 Å². The molecule has 0 spiro atoms. The van der Waals surface area contributed by atoms with E-state index in [4.69, 9.17) is 0 Å². The zero-order valence-corrected chi connectivity index (χ0v) is 9.97. The Morgan fingerprint density at radius 1 is 0.812 bits per heavy atom. The third-order valence-corrected chi connectivity index (χ3v) is 4.93. The SMILES string of the molecule is CC1(C)C(O)[C@@]1(O)[C@H](O)[C@@]1(O)C(O)C1(C)C. The van der Waals surface area contributed by atoms with Gasteiger partial charge in [-0.05, 0) is 0 Å². The third kappa shape index (κ3) is 0.912. The first kappa shape index (κ1) is 12.3. The average Bonchev–Trinajstić information content (AvgIpc) is 2.77. The maximum Gasteiger partial charge on any atom is 0.127 e. The largest absolute Gasteiger partial charge is 0.389 e. The van der Waals surface area contributed by atoms with Crippen LogP contribution >= 0.6 is 0 Å². The zero-order valence-electron chi connectivity index (χ0n) is 9.97. The van der Waals surface area contributed by atoms with Crippen molar-refractivity contribution in [1.29, 1.82) is 0 Å². The van der Waals surface area contributed by atoms with Gasteiger partial charge in [0.2, 0.25) is 0 Å². The number of hydrogen-bond donors (Lipinski definition) is 5. The van der Waals surface area contributed by atoms with Gasteiger partial charge in [0, 0.05) is 10.8 Å². The molecular weight excluding hydrogens is 212 g/mol. The van der Waals surface area contributed by atoms with Gasteiger partial charge < -0.3 is 25.5 Å². The fourth-order valence-corrected chi connectivity index (χ4v) is 2.83. The smallest absolute Gasteiger partial charge is 0.127 e. The zero-order chi connectivity index (χ0) is 12.7. The normalized spacial score (nSPS) is 54.6. The van der Waals surface area contributed by atoms with E-state index in [1.165, 1.54) is 0 Å². The van der Waals surface area contributed by atoms with Crippen LogP contribution in [-0.2, 0) is 0 Å². The van der Waals surface area contributed by atoms with E-state index in [2.05, 4.69) is 0 Å². The summed E-state index contributed by atoms with van der Waals surface area (Å²) in [5.74, 6) is 0. The highest BCUT2D eigenvalue weighted by molar-refractivity contribution is 5.35. The fraction of sp³-hybridized carbons (Fsp3) is 1.00. The van der Waals surface area contributed by atoms with E-state index in [9.17, 15) is 25.5 Å². The third-order valence-electron chi connectivity index (χ3n) is 4.93. The summed E-state index contributed by atoms with van der Waals surface area (Å²) in [5.41, 5.74) is -5.26. The van der Waals surface area contributed by atoms with Crippen LogP contribution in [0.2, 0.25) is 0 Å². The van der Waals surface area contributed by atoms with E-state index in [0.29, 0.717) is 0 Å². The molecular formula is C11H20O5. The van der Waals surface area contributed by atoms with Crippen molar-refractivity contribution in [2.45, 2.75) is 57.2 Å². The second kappa shape index (κ2) is 2.62. The van der Waals surface area contributed by atoms with E-state index in [-0.39, 0.29) is 0 Å². The quantitative estimate of drug-likeness (QED) is 0.403. The molecule has 0 aromatic rings. The lowest BCUT2D eigenvalue weighted by Crippen LogP contribution is -2.48. The van der Waals surface area contributed by atoms with Gasteiger partial charge in [0.1, 0.15) is 17.3 Å². The van der Waals surface area contributed by atoms with Gasteiger partial charge in [-0.2, -0.15) is 0 Å². The van der Waals surface area contributed by atoms with Crippen LogP contribution in [0, 0.1) is 10.8 Å². The molecule has 2 aliphatic rings. The summed E-state index contributed by atoms with van der Waals surface area (Å²) in [6, 6.07) is 0. The Morgan fingerprint density at radius 2 is 1.00 bits per heavy atom. The van der Waals surface area contributed by atoms with Gasteiger partial charge in [0.15, 0.2) is 0 Å². The maximum absolute atomic E-state index is 10.1. The first-order valence-electron chi connectivity index (χ1n) is 5.45. The van der Waals surface area contributed by atoms with Gasteiger partial charge in [0.25, 0.3) is 0 Å². The van der Waals surface area contributed by atoms with E-state index in [1.54, 1.807) is 27.7 Å². The molecule has 0 amide bonds. The van der Waals surface area contributed by atoms with Gasteiger partial charge in [-0.1, -0.05) is 27.7 Å². The fourth-order valence-electron chi connectivity index (χ4n) is 2.83. The molecule has 2 unspecified atom stereocenters. The molecule has 5 atom stereocenters. The molecule has 2 aliphatic carbocycles. The number of aliphatic hydroxyl groups excluding tert-OH is 3. The summed E-state index contributed by atoms with van der Waals surface area (Å²) in [5, 5.41) is 49.6. The van der Waals surface area contributed by atoms with Crippen molar-refractivity contribution < 1.29 is 25.5 Å². The molecule has 0 bridgehead atoms. The van der Waals surface area contributed by atoms with Crippen LogP contribution < -0.4 is 0 Å². The molecule has 0 aromatic carbocycles. The molecule has 5 nitrogen and oxygen atoms in total. The van der Waals surface area contributed by atoms with Gasteiger partial charge in [-0.3, -0.25) is 0 Å². The standard InChI is InChI=1S/C11H20O5/c1-8(2)5(12)10(8,15)7(14)11(16)6(13)9(11,3)4/h5-7,12-16H,1-4H3/t5?,6?,7-,10+,11-. The summed E-state index contributed by atoms with van der Waals surface area (Å²) in [6.45, 7) is 6.41. The number of hydrogen-bond acceptors (Lipinski definition) is 5. The second-order valence-corrected chi connectivity index (χ2v) is 6.30. The van der Waals surface area contributed by atoms with Crippen molar-refractivity contribution in [2.24, 2.45) is 10.8 Å². The van der Waals surface area contributed by atoms with Crippen LogP contribution in [0.5, 0.6) is 0 Å². The molecule has 5 N–H and O–H groups in total. The first-order chi connectivity index (χ1) is 6.96. The minimum atomic E-state index is -1.75. The predicted molar refractivity (Wildman–Crippen MR) is 55.5 cm³/mol. The molecule has 94 valence electrons. The van der Waals surface area contributed by atoms with E-state index in [1.807, 2.05) is 0 Å². The molecule has 0 saturated heterocycles. The molecule has 0 aliphatic heterocycles. The van der Waals surface area contributed by atoms with Crippen LogP contribution in [0.15, 0.2) is 0 Å². The topological polar surface area (TPSA) is 101 Å². The summed E-state index contributed by atoms with van der Waals surface area (Å²) in [7, 11) is 0. The van der Waals surface area contributed by atoms with Crippen molar-refractivity contribution >= 4 is 0 Å². The van der Waals surface area contributed by atoms with Crippen LogP contribution in [-0.4, -0.2) is 55.0 Å². The lowest BCUT2D eigenvalue weighted by molar-refractivity contribution is -0.130. The highest BCUT2D eigenvalue weighted by Crippen LogP contribution is 2.67. The molecule has 16 heavy (non-hydrogen) atoms. The minimum absolute atomic E-state index is 0.874. The summed E-state index contributed by atoms with van der Waals surface area (Å²) in [4.78, 5) is 0. The Bertz CT molecular complexity index is 307. The Kier molecular flexibility index (Phi) is 2.01. The number of rotatable bonds is 2. The maximum atomic E-state index is 10.1. The molecule has 0 radical (unpaired) electrons. The number of aliphatic hydroxyl groups is 5. The summed E-state index contributed by atoms with van der Waals surface area (Å²) < 4.78 is 0. The van der Waals surface area contributed by atoms with Crippen molar-refractivity contribution in [3.8, 4) is 0 Å². The Balaban J connectivity index is 2.27. The summed E-state index contributed by atoms with van der Waals surface area (Å²) in [6.07, 6.45) is -3.75. The van der Waals surface area contributed by atoms with Crippen LogP contribution in [0.3, 0.4) is 0 Å². The average molecular weight is 232 g/mol. The van der Waals surface area contributed by atoms with Crippen molar-refractivity contribution in [3.05, 3.63) is 0 Å². The van der Waals surface area contributed by atoms with Crippen LogP contribution in [0.4, 0.5) is 0 Å².